The molecular formula is C15H20N2O3. The molecule has 0 saturated heterocycles. The molecule has 1 aliphatic carbocycles. The Bertz CT molecular complexity index is 479. The van der Waals surface area contributed by atoms with Crippen molar-refractivity contribution < 1.29 is 14.7 Å². The second-order valence-electron chi connectivity index (χ2n) is 5.43. The number of aromatic nitrogens is 1. The van der Waals surface area contributed by atoms with Crippen molar-refractivity contribution in [3.05, 3.63) is 30.1 Å². The maximum absolute atomic E-state index is 12.2. The van der Waals surface area contributed by atoms with Crippen LogP contribution in [0.15, 0.2) is 24.5 Å². The molecule has 2 N–H and O–H groups in total. The third-order valence-corrected chi connectivity index (χ3v) is 4.24. The highest BCUT2D eigenvalue weighted by molar-refractivity contribution is 5.97. The average Bonchev–Trinajstić information content (AvgIpc) is 2.48. The van der Waals surface area contributed by atoms with Gasteiger partial charge >= 0.3 is 5.97 Å². The summed E-state index contributed by atoms with van der Waals surface area (Å²) in [6.07, 6.45) is 6.80. The molecule has 1 aliphatic rings. The average molecular weight is 276 g/mol. The van der Waals surface area contributed by atoms with E-state index in [1.54, 1.807) is 12.1 Å². The molecule has 1 fully saturated rings. The van der Waals surface area contributed by atoms with E-state index in [0.717, 1.165) is 19.3 Å². The Kier molecular flexibility index (Phi) is 4.37. The molecule has 1 saturated carbocycles. The number of nitrogens with one attached hydrogen (secondary N) is 1. The number of hydrogen-bond acceptors (Lipinski definition) is 3. The third-order valence-electron chi connectivity index (χ3n) is 4.24. The lowest BCUT2D eigenvalue weighted by Gasteiger charge is -2.37. The molecular weight excluding hydrogens is 256 g/mol. The molecule has 20 heavy (non-hydrogen) atoms. The highest BCUT2D eigenvalue weighted by Gasteiger charge is 2.42. The molecule has 1 aromatic heterocycles. The Balaban J connectivity index is 2.11. The summed E-state index contributed by atoms with van der Waals surface area (Å²) >= 11 is 0. The van der Waals surface area contributed by atoms with Crippen LogP contribution < -0.4 is 5.32 Å². The summed E-state index contributed by atoms with van der Waals surface area (Å²) in [5, 5.41) is 12.2. The van der Waals surface area contributed by atoms with Gasteiger partial charge in [0.25, 0.3) is 5.91 Å². The number of rotatable bonds is 4. The van der Waals surface area contributed by atoms with Crippen molar-refractivity contribution in [3.8, 4) is 0 Å². The lowest BCUT2D eigenvalue weighted by Crippen LogP contribution is -2.56. The number of carbonyl (C=O) groups is 2. The largest absolute Gasteiger partial charge is 0.480 e. The third kappa shape index (κ3) is 2.98. The Morgan fingerprint density at radius 3 is 2.45 bits per heavy atom. The van der Waals surface area contributed by atoms with E-state index in [1.165, 1.54) is 12.4 Å². The first-order valence-corrected chi connectivity index (χ1v) is 7.03. The zero-order valence-corrected chi connectivity index (χ0v) is 11.6. The van der Waals surface area contributed by atoms with Gasteiger partial charge in [-0.15, -0.1) is 0 Å². The van der Waals surface area contributed by atoms with Crippen LogP contribution in [0.2, 0.25) is 0 Å². The van der Waals surface area contributed by atoms with Crippen LogP contribution in [0.1, 0.15) is 49.4 Å². The topological polar surface area (TPSA) is 79.3 Å². The van der Waals surface area contributed by atoms with Gasteiger partial charge in [-0.1, -0.05) is 13.3 Å². The molecule has 2 rings (SSSR count). The summed E-state index contributed by atoms with van der Waals surface area (Å²) < 4.78 is 0. The first-order valence-electron chi connectivity index (χ1n) is 7.03. The van der Waals surface area contributed by atoms with Crippen LogP contribution >= 0.6 is 0 Å². The molecule has 1 heterocycles. The minimum Gasteiger partial charge on any atom is -0.480 e. The van der Waals surface area contributed by atoms with Crippen molar-refractivity contribution in [1.29, 1.82) is 0 Å². The summed E-state index contributed by atoms with van der Waals surface area (Å²) in [5.41, 5.74) is -0.676. The summed E-state index contributed by atoms with van der Waals surface area (Å²) in [7, 11) is 0. The van der Waals surface area contributed by atoms with Gasteiger partial charge in [-0.2, -0.15) is 0 Å². The van der Waals surface area contributed by atoms with E-state index in [9.17, 15) is 14.7 Å². The van der Waals surface area contributed by atoms with Gasteiger partial charge in [-0.05, 0) is 43.7 Å². The maximum atomic E-state index is 12.2. The van der Waals surface area contributed by atoms with Crippen molar-refractivity contribution in [3.63, 3.8) is 0 Å². The van der Waals surface area contributed by atoms with E-state index in [1.807, 2.05) is 0 Å². The van der Waals surface area contributed by atoms with E-state index in [-0.39, 0.29) is 5.91 Å². The minimum absolute atomic E-state index is 0.343. The van der Waals surface area contributed by atoms with Gasteiger partial charge in [-0.25, -0.2) is 4.79 Å². The highest BCUT2D eigenvalue weighted by atomic mass is 16.4. The first-order chi connectivity index (χ1) is 9.57. The van der Waals surface area contributed by atoms with E-state index in [4.69, 9.17) is 0 Å². The fourth-order valence-corrected chi connectivity index (χ4v) is 2.76. The van der Waals surface area contributed by atoms with E-state index < -0.39 is 11.5 Å². The molecule has 0 spiro atoms. The van der Waals surface area contributed by atoms with Crippen molar-refractivity contribution >= 4 is 11.9 Å². The molecule has 0 radical (unpaired) electrons. The van der Waals surface area contributed by atoms with Crippen LogP contribution in [-0.2, 0) is 4.79 Å². The fraction of sp³-hybridized carbons (Fsp3) is 0.533. The van der Waals surface area contributed by atoms with E-state index >= 15 is 0 Å². The lowest BCUT2D eigenvalue weighted by atomic mass is 9.75. The van der Waals surface area contributed by atoms with Crippen LogP contribution in [0, 0.1) is 5.92 Å². The summed E-state index contributed by atoms with van der Waals surface area (Å²) in [5.74, 6) is -0.709. The lowest BCUT2D eigenvalue weighted by molar-refractivity contribution is -0.146. The zero-order chi connectivity index (χ0) is 14.6. The number of hydrogen-bond donors (Lipinski definition) is 2. The van der Waals surface area contributed by atoms with Gasteiger partial charge in [0.2, 0.25) is 0 Å². The fourth-order valence-electron chi connectivity index (χ4n) is 2.76. The normalized spacial score (nSPS) is 25.9. The molecule has 0 bridgehead atoms. The number of nitrogens with zero attached hydrogens (tertiary/aromatic N) is 1. The number of carbonyl (C=O) groups excluding carboxylic acids is 1. The second-order valence-corrected chi connectivity index (χ2v) is 5.43. The number of aliphatic carboxylic acids is 1. The van der Waals surface area contributed by atoms with Crippen LogP contribution in [0.4, 0.5) is 0 Å². The number of amides is 1. The van der Waals surface area contributed by atoms with Gasteiger partial charge in [0.15, 0.2) is 0 Å². The molecule has 0 atom stereocenters. The van der Waals surface area contributed by atoms with Gasteiger partial charge < -0.3 is 10.4 Å². The van der Waals surface area contributed by atoms with Gasteiger partial charge in [0.1, 0.15) is 5.54 Å². The minimum atomic E-state index is -1.12. The van der Waals surface area contributed by atoms with Crippen LogP contribution in [0.5, 0.6) is 0 Å². The smallest absolute Gasteiger partial charge is 0.329 e. The van der Waals surface area contributed by atoms with Gasteiger partial charge in [0.05, 0.1) is 0 Å². The monoisotopic (exact) mass is 276 g/mol. The SMILES string of the molecule is CCC1CCC(NC(=O)c2ccncc2)(C(=O)O)CC1. The second kappa shape index (κ2) is 6.03. The van der Waals surface area contributed by atoms with Crippen molar-refractivity contribution in [2.24, 2.45) is 5.92 Å². The van der Waals surface area contributed by atoms with E-state index in [0.29, 0.717) is 24.3 Å². The quantitative estimate of drug-likeness (QED) is 0.884. The summed E-state index contributed by atoms with van der Waals surface area (Å²) in [6.45, 7) is 2.12. The Morgan fingerprint density at radius 2 is 1.95 bits per heavy atom. The molecule has 5 heteroatoms. The molecule has 0 aromatic carbocycles. The van der Waals surface area contributed by atoms with Crippen molar-refractivity contribution in [1.82, 2.24) is 10.3 Å². The van der Waals surface area contributed by atoms with Crippen molar-refractivity contribution in [2.75, 3.05) is 0 Å². The number of pyridine rings is 1. The molecule has 1 amide bonds. The zero-order valence-electron chi connectivity index (χ0n) is 11.6. The summed E-state index contributed by atoms with van der Waals surface area (Å²) in [4.78, 5) is 27.6. The van der Waals surface area contributed by atoms with Gasteiger partial charge in [-0.3, -0.25) is 9.78 Å². The number of carboxylic acids is 1. The Labute approximate surface area is 118 Å². The molecule has 1 aromatic rings. The van der Waals surface area contributed by atoms with Crippen LogP contribution in [-0.4, -0.2) is 27.5 Å². The van der Waals surface area contributed by atoms with Gasteiger partial charge in [0, 0.05) is 18.0 Å². The molecule has 5 nitrogen and oxygen atoms in total. The van der Waals surface area contributed by atoms with Crippen molar-refractivity contribution in [2.45, 2.75) is 44.6 Å². The standard InChI is InChI=1S/C15H20N2O3/c1-2-11-3-7-15(8-4-11,14(19)20)17-13(18)12-5-9-16-10-6-12/h5-6,9-11H,2-4,7-8H2,1H3,(H,17,18)(H,19,20). The van der Waals surface area contributed by atoms with E-state index in [2.05, 4.69) is 17.2 Å². The first kappa shape index (κ1) is 14.5. The predicted molar refractivity (Wildman–Crippen MR) is 74.3 cm³/mol. The molecule has 108 valence electrons. The van der Waals surface area contributed by atoms with Crippen LogP contribution in [0.3, 0.4) is 0 Å². The summed E-state index contributed by atoms with van der Waals surface area (Å²) in [6, 6.07) is 3.17. The molecule has 0 unspecified atom stereocenters. The molecule has 0 aliphatic heterocycles. The maximum Gasteiger partial charge on any atom is 0.329 e. The predicted octanol–water partition coefficient (Wildman–Crippen LogP) is 2.24. The Morgan fingerprint density at radius 1 is 1.35 bits per heavy atom. The Hall–Kier alpha value is -1.91. The highest BCUT2D eigenvalue weighted by Crippen LogP contribution is 2.34. The number of carboxylic acid groups (broad SMARTS) is 1. The van der Waals surface area contributed by atoms with Crippen LogP contribution in [0.25, 0.3) is 0 Å².